The van der Waals surface area contributed by atoms with Crippen LogP contribution in [0.15, 0.2) is 0 Å². The summed E-state index contributed by atoms with van der Waals surface area (Å²) in [5.41, 5.74) is 0. The van der Waals surface area contributed by atoms with Gasteiger partial charge in [-0.15, -0.1) is 0 Å². The van der Waals surface area contributed by atoms with Gasteiger partial charge in [-0.3, -0.25) is 0 Å². The van der Waals surface area contributed by atoms with Crippen molar-refractivity contribution >= 4 is 17.8 Å². The number of hydrogen-bond acceptors (Lipinski definition) is 3. The minimum Gasteiger partial charge on any atom is -0.338 e. The Labute approximate surface area is 139 Å². The Kier molecular flexibility index (Phi) is 6.30. The number of likely N-dealkylation sites (tertiary alicyclic amines) is 1. The summed E-state index contributed by atoms with van der Waals surface area (Å²) >= 11 is 2.01. The molecule has 3 fully saturated rings. The third-order valence-corrected chi connectivity index (χ3v) is 6.76. The molecule has 22 heavy (non-hydrogen) atoms. The molecule has 1 aliphatic carbocycles. The first-order chi connectivity index (χ1) is 10.8. The van der Waals surface area contributed by atoms with Gasteiger partial charge in [0.1, 0.15) is 0 Å². The van der Waals surface area contributed by atoms with Crippen molar-refractivity contribution in [1.29, 1.82) is 0 Å². The van der Waals surface area contributed by atoms with Gasteiger partial charge in [-0.05, 0) is 49.5 Å². The third-order valence-electron chi connectivity index (χ3n) is 5.53. The van der Waals surface area contributed by atoms with E-state index < -0.39 is 0 Å². The maximum Gasteiger partial charge on any atom is 0.315 e. The highest BCUT2D eigenvalue weighted by molar-refractivity contribution is 7.99. The first-order valence-corrected chi connectivity index (χ1v) is 10.3. The fourth-order valence-electron chi connectivity index (χ4n) is 4.07. The van der Waals surface area contributed by atoms with Crippen LogP contribution in [-0.4, -0.2) is 54.2 Å². The number of carbonyl (C=O) groups excluding carboxylic acids is 1. The van der Waals surface area contributed by atoms with E-state index in [-0.39, 0.29) is 6.03 Å². The molecule has 0 aromatic carbocycles. The zero-order chi connectivity index (χ0) is 15.2. The molecule has 0 aromatic rings. The van der Waals surface area contributed by atoms with Gasteiger partial charge in [0, 0.05) is 31.7 Å². The summed E-state index contributed by atoms with van der Waals surface area (Å²) in [6.45, 7) is 3.17. The van der Waals surface area contributed by atoms with E-state index in [4.69, 9.17) is 0 Å². The minimum absolute atomic E-state index is 0.0491. The highest BCUT2D eigenvalue weighted by Crippen LogP contribution is 2.25. The summed E-state index contributed by atoms with van der Waals surface area (Å²) in [6.07, 6.45) is 10.5. The molecule has 0 spiro atoms. The number of urea groups is 1. The van der Waals surface area contributed by atoms with E-state index in [2.05, 4.69) is 15.5 Å². The van der Waals surface area contributed by atoms with Gasteiger partial charge in [-0.2, -0.15) is 11.8 Å². The summed E-state index contributed by atoms with van der Waals surface area (Å²) in [4.78, 5) is 14.7. The van der Waals surface area contributed by atoms with Gasteiger partial charge in [0.25, 0.3) is 0 Å². The van der Waals surface area contributed by atoms with Crippen LogP contribution in [0.1, 0.15) is 51.4 Å². The van der Waals surface area contributed by atoms with Crippen LogP contribution in [0.3, 0.4) is 0 Å². The Bertz CT molecular complexity index is 346. The van der Waals surface area contributed by atoms with Crippen molar-refractivity contribution in [1.82, 2.24) is 15.5 Å². The van der Waals surface area contributed by atoms with Crippen LogP contribution in [-0.2, 0) is 0 Å². The number of hydrogen-bond donors (Lipinski definition) is 2. The van der Waals surface area contributed by atoms with E-state index in [9.17, 15) is 4.79 Å². The van der Waals surface area contributed by atoms with E-state index in [1.165, 1.54) is 50.0 Å². The Morgan fingerprint density at radius 2 is 1.82 bits per heavy atom. The molecule has 3 aliphatic rings. The van der Waals surface area contributed by atoms with E-state index in [1.54, 1.807) is 0 Å². The second kappa shape index (κ2) is 8.44. The lowest BCUT2D eigenvalue weighted by atomic mass is 9.92. The van der Waals surface area contributed by atoms with Crippen LogP contribution < -0.4 is 10.6 Å². The Hall–Kier alpha value is -0.420. The van der Waals surface area contributed by atoms with Gasteiger partial charge >= 0.3 is 6.03 Å². The first kappa shape index (κ1) is 16.4. The summed E-state index contributed by atoms with van der Waals surface area (Å²) in [6, 6.07) is 1.24. The molecule has 4 nitrogen and oxygen atoms in total. The molecular formula is C17H31N3OS. The summed E-state index contributed by atoms with van der Waals surface area (Å²) < 4.78 is 0. The Balaban J connectivity index is 1.31. The second-order valence-corrected chi connectivity index (χ2v) is 8.34. The van der Waals surface area contributed by atoms with E-state index >= 15 is 0 Å². The van der Waals surface area contributed by atoms with Gasteiger partial charge in [0.15, 0.2) is 0 Å². The second-order valence-electron chi connectivity index (χ2n) is 7.19. The minimum atomic E-state index is 0.0491. The molecule has 2 amide bonds. The van der Waals surface area contributed by atoms with E-state index in [1.807, 2.05) is 11.8 Å². The molecule has 2 aliphatic heterocycles. The average molecular weight is 326 g/mol. The highest BCUT2D eigenvalue weighted by atomic mass is 32.2. The van der Waals surface area contributed by atoms with Gasteiger partial charge in [-0.1, -0.05) is 19.3 Å². The van der Waals surface area contributed by atoms with Crippen molar-refractivity contribution < 1.29 is 4.79 Å². The first-order valence-electron chi connectivity index (χ1n) is 9.17. The highest BCUT2D eigenvalue weighted by Gasteiger charge is 2.27. The summed E-state index contributed by atoms with van der Waals surface area (Å²) in [5.74, 6) is 3.15. The molecule has 126 valence electrons. The van der Waals surface area contributed by atoms with Crippen LogP contribution in [0.25, 0.3) is 0 Å². The average Bonchev–Trinajstić information content (AvgIpc) is 3.08. The lowest BCUT2D eigenvalue weighted by molar-refractivity contribution is 0.117. The summed E-state index contributed by atoms with van der Waals surface area (Å²) in [7, 11) is 0. The number of carbonyl (C=O) groups is 1. The fourth-order valence-corrected chi connectivity index (χ4v) is 5.36. The number of rotatable bonds is 4. The van der Waals surface area contributed by atoms with Crippen molar-refractivity contribution in [2.45, 2.75) is 63.5 Å². The molecule has 5 heteroatoms. The van der Waals surface area contributed by atoms with Crippen molar-refractivity contribution in [3.63, 3.8) is 0 Å². The predicted octanol–water partition coefficient (Wildman–Crippen LogP) is 2.84. The lowest BCUT2D eigenvalue weighted by Gasteiger charge is -2.39. The van der Waals surface area contributed by atoms with Crippen molar-refractivity contribution in [2.24, 2.45) is 5.92 Å². The van der Waals surface area contributed by atoms with Crippen molar-refractivity contribution in [2.75, 3.05) is 31.1 Å². The molecule has 1 atom stereocenters. The standard InChI is InChI=1S/C17H31N3OS/c21-17(18-12-14-8-11-22-13-14)19-15-6-9-20(10-7-15)16-4-2-1-3-5-16/h14-16H,1-13H2,(H2,18,19,21)/t14-/m0/s1. The molecule has 2 heterocycles. The molecule has 0 bridgehead atoms. The Morgan fingerprint density at radius 1 is 1.05 bits per heavy atom. The van der Waals surface area contributed by atoms with E-state index in [0.29, 0.717) is 12.0 Å². The van der Waals surface area contributed by atoms with E-state index in [0.717, 1.165) is 38.5 Å². The maximum absolute atomic E-state index is 12.0. The number of thioether (sulfide) groups is 1. The largest absolute Gasteiger partial charge is 0.338 e. The molecule has 0 unspecified atom stereocenters. The van der Waals surface area contributed by atoms with Crippen LogP contribution in [0, 0.1) is 5.92 Å². The normalized spacial score (nSPS) is 28.6. The zero-order valence-electron chi connectivity index (χ0n) is 13.7. The van der Waals surface area contributed by atoms with Crippen LogP contribution in [0.4, 0.5) is 4.79 Å². The number of piperidine rings is 1. The summed E-state index contributed by atoms with van der Waals surface area (Å²) in [5, 5.41) is 6.25. The van der Waals surface area contributed by atoms with Gasteiger partial charge in [0.2, 0.25) is 0 Å². The predicted molar refractivity (Wildman–Crippen MR) is 93.4 cm³/mol. The van der Waals surface area contributed by atoms with Crippen LogP contribution in [0.2, 0.25) is 0 Å². The smallest absolute Gasteiger partial charge is 0.315 e. The molecular weight excluding hydrogens is 294 g/mol. The number of amides is 2. The van der Waals surface area contributed by atoms with Crippen molar-refractivity contribution in [3.8, 4) is 0 Å². The molecule has 1 saturated carbocycles. The topological polar surface area (TPSA) is 44.4 Å². The SMILES string of the molecule is O=C(NC[C@@H]1CCSC1)NC1CCN(C2CCCCC2)CC1. The number of nitrogens with zero attached hydrogens (tertiary/aromatic N) is 1. The fraction of sp³-hybridized carbons (Fsp3) is 0.941. The monoisotopic (exact) mass is 325 g/mol. The third kappa shape index (κ3) is 4.79. The molecule has 0 radical (unpaired) electrons. The molecule has 2 saturated heterocycles. The molecule has 0 aromatic heterocycles. The van der Waals surface area contributed by atoms with Gasteiger partial charge in [0.05, 0.1) is 0 Å². The van der Waals surface area contributed by atoms with Crippen LogP contribution >= 0.6 is 11.8 Å². The number of nitrogens with one attached hydrogen (secondary N) is 2. The van der Waals surface area contributed by atoms with Crippen LogP contribution in [0.5, 0.6) is 0 Å². The Morgan fingerprint density at radius 3 is 2.50 bits per heavy atom. The quantitative estimate of drug-likeness (QED) is 0.835. The van der Waals surface area contributed by atoms with Gasteiger partial charge < -0.3 is 15.5 Å². The lowest BCUT2D eigenvalue weighted by Crippen LogP contribution is -2.50. The van der Waals surface area contributed by atoms with Crippen molar-refractivity contribution in [3.05, 3.63) is 0 Å². The van der Waals surface area contributed by atoms with Gasteiger partial charge in [-0.25, -0.2) is 4.79 Å². The zero-order valence-corrected chi connectivity index (χ0v) is 14.5. The molecule has 2 N–H and O–H groups in total. The maximum atomic E-state index is 12.0. The molecule has 3 rings (SSSR count).